The summed E-state index contributed by atoms with van der Waals surface area (Å²) >= 11 is 0. The Morgan fingerprint density at radius 2 is 1.86 bits per heavy atom. The third-order valence-corrected chi connectivity index (χ3v) is 1.36. The van der Waals surface area contributed by atoms with Gasteiger partial charge in [0.05, 0.1) is 0 Å². The van der Waals surface area contributed by atoms with Gasteiger partial charge in [-0.25, -0.2) is 4.79 Å². The summed E-state index contributed by atoms with van der Waals surface area (Å²) in [6, 6.07) is 0. The van der Waals surface area contributed by atoms with Crippen LogP contribution in [0.1, 0.15) is 20.8 Å². The molecule has 0 radical (unpaired) electrons. The lowest BCUT2D eigenvalue weighted by Gasteiger charge is -2.16. The Kier molecular flexibility index (Phi) is 6.39. The second-order valence-corrected chi connectivity index (χ2v) is 2.73. The van der Waals surface area contributed by atoms with Crippen LogP contribution < -0.4 is 0 Å². The minimum atomic E-state index is -1.06. The van der Waals surface area contributed by atoms with Gasteiger partial charge in [-0.1, -0.05) is 0 Å². The molecule has 3 atom stereocenters. The number of aliphatic hydroxyl groups is 1. The van der Waals surface area contributed by atoms with Gasteiger partial charge in [-0.05, 0) is 20.8 Å². The first kappa shape index (κ1) is 13.3. The van der Waals surface area contributed by atoms with Gasteiger partial charge in [0.2, 0.25) is 0 Å². The fraction of sp³-hybridized carbons (Fsp3) is 0.875. The number of carbonyl (C=O) groups is 1. The normalized spacial score (nSPS) is 17.4. The predicted octanol–water partition coefficient (Wildman–Crippen LogP) is 0.151. The Morgan fingerprint density at radius 1 is 1.29 bits per heavy atom. The maximum Gasteiger partial charge on any atom is 0.332 e. The molecule has 0 rings (SSSR count). The average molecular weight is 208 g/mol. The van der Waals surface area contributed by atoms with E-state index in [1.807, 2.05) is 0 Å². The van der Waals surface area contributed by atoms with Crippen molar-refractivity contribution in [1.82, 2.24) is 0 Å². The summed E-state index contributed by atoms with van der Waals surface area (Å²) in [6.07, 6.45) is -2.49. The lowest BCUT2D eigenvalue weighted by molar-refractivity contribution is -0.246. The number of aliphatic carboxylic acids is 1. The van der Waals surface area contributed by atoms with E-state index in [-0.39, 0.29) is 6.79 Å². The van der Waals surface area contributed by atoms with Crippen LogP contribution in [0, 0.1) is 0 Å². The number of aliphatic hydroxyl groups excluding tert-OH is 1. The number of hydrogen-bond acceptors (Lipinski definition) is 5. The predicted molar refractivity (Wildman–Crippen MR) is 46.4 cm³/mol. The summed E-state index contributed by atoms with van der Waals surface area (Å²) in [5.74, 6) is -1.06. The molecule has 0 aliphatic heterocycles. The lowest BCUT2D eigenvalue weighted by atomic mass is 10.4. The van der Waals surface area contributed by atoms with Gasteiger partial charge in [-0.15, -0.1) is 0 Å². The molecule has 0 saturated carbocycles. The molecular weight excluding hydrogens is 192 g/mol. The Bertz CT molecular complexity index is 169. The monoisotopic (exact) mass is 208 g/mol. The van der Waals surface area contributed by atoms with Gasteiger partial charge < -0.3 is 24.4 Å². The molecule has 14 heavy (non-hydrogen) atoms. The fourth-order valence-corrected chi connectivity index (χ4v) is 0.625. The first-order valence-electron chi connectivity index (χ1n) is 4.23. The highest BCUT2D eigenvalue weighted by atomic mass is 16.8. The molecular formula is C8H16O6. The van der Waals surface area contributed by atoms with Crippen molar-refractivity contribution in [1.29, 1.82) is 0 Å². The quantitative estimate of drug-likeness (QED) is 0.579. The van der Waals surface area contributed by atoms with E-state index in [0.29, 0.717) is 0 Å². The molecule has 6 nitrogen and oxygen atoms in total. The second kappa shape index (κ2) is 6.72. The minimum absolute atomic E-state index is 0.193. The Morgan fingerprint density at radius 3 is 2.29 bits per heavy atom. The fourth-order valence-electron chi connectivity index (χ4n) is 0.625. The third kappa shape index (κ3) is 6.79. The number of carboxylic acids is 1. The van der Waals surface area contributed by atoms with E-state index in [1.54, 1.807) is 6.92 Å². The third-order valence-electron chi connectivity index (χ3n) is 1.36. The number of ether oxygens (including phenoxy) is 3. The molecule has 2 N–H and O–H groups in total. The van der Waals surface area contributed by atoms with Gasteiger partial charge >= 0.3 is 5.97 Å². The molecule has 0 heterocycles. The van der Waals surface area contributed by atoms with Gasteiger partial charge in [0, 0.05) is 0 Å². The van der Waals surface area contributed by atoms with Gasteiger partial charge in [-0.2, -0.15) is 0 Å². The maximum atomic E-state index is 10.3. The van der Waals surface area contributed by atoms with Gasteiger partial charge in [0.25, 0.3) is 0 Å². The molecule has 0 aromatic carbocycles. The van der Waals surface area contributed by atoms with E-state index in [9.17, 15) is 4.79 Å². The van der Waals surface area contributed by atoms with Crippen molar-refractivity contribution in [3.05, 3.63) is 0 Å². The zero-order valence-corrected chi connectivity index (χ0v) is 8.47. The molecule has 0 aliphatic carbocycles. The molecule has 0 aliphatic rings. The number of carboxylic acid groups (broad SMARTS) is 1. The summed E-state index contributed by atoms with van der Waals surface area (Å²) in [4.78, 5) is 10.3. The molecule has 0 fully saturated rings. The molecule has 0 amide bonds. The Labute approximate surface area is 82.4 Å². The zero-order valence-electron chi connectivity index (χ0n) is 8.47. The Hall–Kier alpha value is -0.690. The van der Waals surface area contributed by atoms with Crippen molar-refractivity contribution in [3.8, 4) is 0 Å². The largest absolute Gasteiger partial charge is 0.479 e. The summed E-state index contributed by atoms with van der Waals surface area (Å²) in [6.45, 7) is 4.22. The molecule has 84 valence electrons. The van der Waals surface area contributed by atoms with E-state index in [2.05, 4.69) is 0 Å². The Balaban J connectivity index is 3.48. The van der Waals surface area contributed by atoms with Crippen LogP contribution in [-0.2, 0) is 19.0 Å². The van der Waals surface area contributed by atoms with Crippen molar-refractivity contribution in [3.63, 3.8) is 0 Å². The molecule has 0 spiro atoms. The summed E-state index contributed by atoms with van der Waals surface area (Å²) in [7, 11) is 0. The molecule has 0 aromatic heterocycles. The maximum absolute atomic E-state index is 10.3. The van der Waals surface area contributed by atoms with Crippen molar-refractivity contribution in [2.75, 3.05) is 6.79 Å². The number of rotatable bonds is 7. The van der Waals surface area contributed by atoms with E-state index in [1.165, 1.54) is 13.8 Å². The lowest BCUT2D eigenvalue weighted by Crippen LogP contribution is -2.25. The summed E-state index contributed by atoms with van der Waals surface area (Å²) < 4.78 is 14.5. The molecule has 6 heteroatoms. The number of hydrogen-bond donors (Lipinski definition) is 2. The van der Waals surface area contributed by atoms with E-state index < -0.39 is 24.7 Å². The minimum Gasteiger partial charge on any atom is -0.479 e. The van der Waals surface area contributed by atoms with Crippen molar-refractivity contribution in [2.45, 2.75) is 39.5 Å². The van der Waals surface area contributed by atoms with Crippen LogP contribution >= 0.6 is 0 Å². The molecule has 3 unspecified atom stereocenters. The van der Waals surface area contributed by atoms with Crippen LogP contribution in [0.3, 0.4) is 0 Å². The van der Waals surface area contributed by atoms with Crippen LogP contribution in [0.4, 0.5) is 0 Å². The van der Waals surface area contributed by atoms with Gasteiger partial charge in [0.15, 0.2) is 25.5 Å². The second-order valence-electron chi connectivity index (χ2n) is 2.73. The van der Waals surface area contributed by atoms with Crippen LogP contribution in [0.2, 0.25) is 0 Å². The SMILES string of the molecule is CC(O)OC(C)OCOC(C)C(=O)O. The van der Waals surface area contributed by atoms with Gasteiger partial charge in [-0.3, -0.25) is 0 Å². The zero-order chi connectivity index (χ0) is 11.1. The highest BCUT2D eigenvalue weighted by Crippen LogP contribution is 1.99. The molecule has 0 bridgehead atoms. The van der Waals surface area contributed by atoms with Gasteiger partial charge in [0.1, 0.15) is 0 Å². The topological polar surface area (TPSA) is 85.2 Å². The van der Waals surface area contributed by atoms with Crippen LogP contribution in [-0.4, -0.2) is 41.7 Å². The van der Waals surface area contributed by atoms with Crippen LogP contribution in [0.25, 0.3) is 0 Å². The molecule has 0 saturated heterocycles. The highest BCUT2D eigenvalue weighted by molar-refractivity contribution is 5.71. The highest BCUT2D eigenvalue weighted by Gasteiger charge is 2.12. The summed E-state index contributed by atoms with van der Waals surface area (Å²) in [5.41, 5.74) is 0. The van der Waals surface area contributed by atoms with Crippen LogP contribution in [0.15, 0.2) is 0 Å². The summed E-state index contributed by atoms with van der Waals surface area (Å²) in [5, 5.41) is 17.2. The first-order chi connectivity index (χ1) is 6.43. The van der Waals surface area contributed by atoms with E-state index >= 15 is 0 Å². The van der Waals surface area contributed by atoms with Crippen LogP contribution in [0.5, 0.6) is 0 Å². The smallest absolute Gasteiger partial charge is 0.332 e. The first-order valence-corrected chi connectivity index (χ1v) is 4.23. The van der Waals surface area contributed by atoms with Crippen molar-refractivity contribution < 1.29 is 29.2 Å². The van der Waals surface area contributed by atoms with E-state index in [0.717, 1.165) is 0 Å². The molecule has 0 aromatic rings. The standard InChI is InChI=1S/C8H16O6/c1-5(8(10)11)12-4-13-7(3)14-6(2)9/h5-7,9H,4H2,1-3H3,(H,10,11). The average Bonchev–Trinajstić information content (AvgIpc) is 2.02. The van der Waals surface area contributed by atoms with E-state index in [4.69, 9.17) is 24.4 Å². The van der Waals surface area contributed by atoms with Crippen molar-refractivity contribution >= 4 is 5.97 Å². The van der Waals surface area contributed by atoms with Crippen molar-refractivity contribution in [2.24, 2.45) is 0 Å².